The van der Waals surface area contributed by atoms with Gasteiger partial charge in [-0.15, -0.1) is 0 Å². The summed E-state index contributed by atoms with van der Waals surface area (Å²) in [6.07, 6.45) is 1.09. The molecule has 1 heterocycles. The fourth-order valence-corrected chi connectivity index (χ4v) is 5.45. The van der Waals surface area contributed by atoms with Crippen LogP contribution in [0.4, 0.5) is 0 Å². The third kappa shape index (κ3) is 3.72. The molecule has 4 nitrogen and oxygen atoms in total. The van der Waals surface area contributed by atoms with Gasteiger partial charge in [-0.2, -0.15) is 4.31 Å². The smallest absolute Gasteiger partial charge is 0.243 e. The minimum atomic E-state index is -3.46. The molecule has 0 amide bonds. The zero-order valence-corrected chi connectivity index (χ0v) is 15.9. The summed E-state index contributed by atoms with van der Waals surface area (Å²) in [4.78, 5) is 0.420. The van der Waals surface area contributed by atoms with E-state index in [1.807, 2.05) is 13.0 Å². The van der Waals surface area contributed by atoms with Crippen molar-refractivity contribution in [1.82, 2.24) is 4.31 Å². The minimum absolute atomic E-state index is 0.207. The number of benzene rings is 1. The second-order valence-corrected chi connectivity index (χ2v) is 9.19. The lowest BCUT2D eigenvalue weighted by molar-refractivity contribution is 0.222. The topological polar surface area (TPSA) is 46.6 Å². The highest BCUT2D eigenvalue weighted by Gasteiger charge is 2.33. The molecule has 0 bridgehead atoms. The highest BCUT2D eigenvalue weighted by molar-refractivity contribution is 7.89. The van der Waals surface area contributed by atoms with E-state index in [1.54, 1.807) is 17.5 Å². The van der Waals surface area contributed by atoms with Gasteiger partial charge < -0.3 is 4.74 Å². The molecular formula is C18H29NO3S. The average Bonchev–Trinajstić information content (AvgIpc) is 2.45. The lowest BCUT2D eigenvalue weighted by Crippen LogP contribution is -2.42. The van der Waals surface area contributed by atoms with Gasteiger partial charge in [0.2, 0.25) is 10.0 Å². The van der Waals surface area contributed by atoms with Gasteiger partial charge in [-0.1, -0.05) is 27.7 Å². The van der Waals surface area contributed by atoms with Crippen molar-refractivity contribution < 1.29 is 13.2 Å². The third-order valence-electron chi connectivity index (χ3n) is 4.60. The van der Waals surface area contributed by atoms with Crippen molar-refractivity contribution in [2.75, 3.05) is 20.2 Å². The monoisotopic (exact) mass is 339 g/mol. The Hall–Kier alpha value is -1.07. The largest absolute Gasteiger partial charge is 0.496 e. The van der Waals surface area contributed by atoms with Gasteiger partial charge in [-0.3, -0.25) is 0 Å². The second-order valence-electron chi connectivity index (χ2n) is 7.28. The molecule has 2 atom stereocenters. The van der Waals surface area contributed by atoms with Crippen LogP contribution in [0.1, 0.15) is 51.2 Å². The zero-order chi connectivity index (χ0) is 17.4. The van der Waals surface area contributed by atoms with E-state index < -0.39 is 10.0 Å². The van der Waals surface area contributed by atoms with Gasteiger partial charge in [-0.25, -0.2) is 8.42 Å². The van der Waals surface area contributed by atoms with Gasteiger partial charge in [0.15, 0.2) is 0 Å². The summed E-state index contributed by atoms with van der Waals surface area (Å²) in [5.74, 6) is 1.77. The number of piperidine rings is 1. The molecule has 1 aromatic carbocycles. The standard InChI is InChI=1S/C18H29NO3S/c1-12(2)16-9-18(15(5)8-17(16)22-6)23(20,21)19-10-13(3)7-14(4)11-19/h8-9,12-14H,7,10-11H2,1-6H3. The number of nitrogens with zero attached hydrogens (tertiary/aromatic N) is 1. The molecule has 0 radical (unpaired) electrons. The molecule has 23 heavy (non-hydrogen) atoms. The van der Waals surface area contributed by atoms with Crippen LogP contribution in [-0.4, -0.2) is 32.9 Å². The number of methoxy groups -OCH3 is 1. The van der Waals surface area contributed by atoms with Crippen LogP contribution in [0.2, 0.25) is 0 Å². The lowest BCUT2D eigenvalue weighted by atomic mass is 9.94. The molecular weight excluding hydrogens is 310 g/mol. The number of sulfonamides is 1. The lowest BCUT2D eigenvalue weighted by Gasteiger charge is -2.34. The van der Waals surface area contributed by atoms with Crippen molar-refractivity contribution >= 4 is 10.0 Å². The summed E-state index contributed by atoms with van der Waals surface area (Å²) >= 11 is 0. The van der Waals surface area contributed by atoms with Crippen LogP contribution in [0.15, 0.2) is 17.0 Å². The number of ether oxygens (including phenoxy) is 1. The van der Waals surface area contributed by atoms with Gasteiger partial charge in [-0.05, 0) is 54.4 Å². The molecule has 5 heteroatoms. The van der Waals surface area contributed by atoms with Crippen molar-refractivity contribution in [2.45, 2.75) is 51.9 Å². The number of rotatable bonds is 4. The van der Waals surface area contributed by atoms with E-state index in [-0.39, 0.29) is 5.92 Å². The summed E-state index contributed by atoms with van der Waals surface area (Å²) in [6, 6.07) is 3.65. The summed E-state index contributed by atoms with van der Waals surface area (Å²) in [5.41, 5.74) is 1.69. The Kier molecular flexibility index (Phi) is 5.41. The quantitative estimate of drug-likeness (QED) is 0.838. The molecule has 0 aliphatic carbocycles. The Labute approximate surface area is 140 Å². The van der Waals surface area contributed by atoms with E-state index in [2.05, 4.69) is 27.7 Å². The predicted octanol–water partition coefficient (Wildman–Crippen LogP) is 3.79. The highest BCUT2D eigenvalue weighted by Crippen LogP contribution is 2.34. The minimum Gasteiger partial charge on any atom is -0.496 e. The third-order valence-corrected chi connectivity index (χ3v) is 6.58. The predicted molar refractivity (Wildman–Crippen MR) is 93.5 cm³/mol. The van der Waals surface area contributed by atoms with Gasteiger partial charge >= 0.3 is 0 Å². The van der Waals surface area contributed by atoms with Crippen molar-refractivity contribution in [3.8, 4) is 5.75 Å². The average molecular weight is 340 g/mol. The molecule has 1 aliphatic heterocycles. The van der Waals surface area contributed by atoms with Crippen LogP contribution < -0.4 is 4.74 Å². The molecule has 130 valence electrons. The van der Waals surface area contributed by atoms with Crippen molar-refractivity contribution in [3.05, 3.63) is 23.3 Å². The molecule has 0 N–H and O–H groups in total. The summed E-state index contributed by atoms with van der Waals surface area (Å²) in [7, 11) is -1.83. The maximum Gasteiger partial charge on any atom is 0.243 e. The fraction of sp³-hybridized carbons (Fsp3) is 0.667. The van der Waals surface area contributed by atoms with Crippen molar-refractivity contribution in [2.24, 2.45) is 11.8 Å². The Balaban J connectivity index is 2.49. The fourth-order valence-electron chi connectivity index (χ4n) is 3.52. The molecule has 1 fully saturated rings. The number of hydrogen-bond acceptors (Lipinski definition) is 3. The summed E-state index contributed by atoms with van der Waals surface area (Å²) in [5, 5.41) is 0. The van der Waals surface area contributed by atoms with Gasteiger partial charge in [0, 0.05) is 13.1 Å². The maximum absolute atomic E-state index is 13.2. The van der Waals surface area contributed by atoms with E-state index in [0.29, 0.717) is 29.8 Å². The summed E-state index contributed by atoms with van der Waals surface area (Å²) < 4.78 is 33.4. The first kappa shape index (κ1) is 18.3. The normalized spacial score (nSPS) is 23.3. The van der Waals surface area contributed by atoms with E-state index in [9.17, 15) is 8.42 Å². The van der Waals surface area contributed by atoms with Crippen LogP contribution in [0.5, 0.6) is 5.75 Å². The Morgan fingerprint density at radius 1 is 1.17 bits per heavy atom. The molecule has 0 aromatic heterocycles. The Morgan fingerprint density at radius 3 is 2.22 bits per heavy atom. The van der Waals surface area contributed by atoms with Gasteiger partial charge in [0.1, 0.15) is 5.75 Å². The number of aryl methyl sites for hydroxylation is 1. The van der Waals surface area contributed by atoms with E-state index >= 15 is 0 Å². The summed E-state index contributed by atoms with van der Waals surface area (Å²) in [6.45, 7) is 11.4. The Bertz CT molecular complexity index is 657. The Morgan fingerprint density at radius 2 is 1.74 bits per heavy atom. The van der Waals surface area contributed by atoms with E-state index in [1.165, 1.54) is 0 Å². The molecule has 0 spiro atoms. The molecule has 2 unspecified atom stereocenters. The van der Waals surface area contributed by atoms with Crippen LogP contribution in [0.3, 0.4) is 0 Å². The molecule has 2 rings (SSSR count). The first-order valence-electron chi connectivity index (χ1n) is 8.35. The highest BCUT2D eigenvalue weighted by atomic mass is 32.2. The van der Waals surface area contributed by atoms with Gasteiger partial charge in [0.25, 0.3) is 0 Å². The second kappa shape index (κ2) is 6.81. The van der Waals surface area contributed by atoms with E-state index in [0.717, 1.165) is 23.3 Å². The first-order chi connectivity index (χ1) is 10.7. The SMILES string of the molecule is COc1cc(C)c(S(=O)(=O)N2CC(C)CC(C)C2)cc1C(C)C. The van der Waals surface area contributed by atoms with Crippen molar-refractivity contribution in [3.63, 3.8) is 0 Å². The maximum atomic E-state index is 13.2. The van der Waals surface area contributed by atoms with Crippen molar-refractivity contribution in [1.29, 1.82) is 0 Å². The molecule has 1 aromatic rings. The van der Waals surface area contributed by atoms with Crippen LogP contribution in [0.25, 0.3) is 0 Å². The van der Waals surface area contributed by atoms with Crippen LogP contribution in [0, 0.1) is 18.8 Å². The zero-order valence-electron chi connectivity index (χ0n) is 15.1. The first-order valence-corrected chi connectivity index (χ1v) is 9.79. The van der Waals surface area contributed by atoms with Gasteiger partial charge in [0.05, 0.1) is 12.0 Å². The molecule has 1 aliphatic rings. The van der Waals surface area contributed by atoms with E-state index in [4.69, 9.17) is 4.74 Å². The van der Waals surface area contributed by atoms with Crippen LogP contribution in [-0.2, 0) is 10.0 Å². The van der Waals surface area contributed by atoms with Crippen LogP contribution >= 0.6 is 0 Å². The molecule has 1 saturated heterocycles. The molecule has 0 saturated carbocycles. The number of hydrogen-bond donors (Lipinski definition) is 0.